The number of benzene rings is 1. The summed E-state index contributed by atoms with van der Waals surface area (Å²) in [5.41, 5.74) is 3.78. The molecule has 2 heterocycles. The third kappa shape index (κ3) is 4.96. The van der Waals surface area contributed by atoms with Gasteiger partial charge in [-0.05, 0) is 31.4 Å². The summed E-state index contributed by atoms with van der Waals surface area (Å²) in [5.74, 6) is 1.89. The first-order chi connectivity index (χ1) is 12.2. The van der Waals surface area contributed by atoms with Crippen LogP contribution in [0.5, 0.6) is 0 Å². The number of guanidine groups is 1. The van der Waals surface area contributed by atoms with Gasteiger partial charge in [-0.3, -0.25) is 0 Å². The highest BCUT2D eigenvalue weighted by molar-refractivity contribution is 14.0. The van der Waals surface area contributed by atoms with E-state index in [2.05, 4.69) is 62.1 Å². The van der Waals surface area contributed by atoms with Crippen LogP contribution >= 0.6 is 24.0 Å². The molecule has 0 radical (unpaired) electrons. The van der Waals surface area contributed by atoms with Gasteiger partial charge in [-0.15, -0.1) is 24.0 Å². The van der Waals surface area contributed by atoms with Crippen LogP contribution in [0.4, 0.5) is 0 Å². The van der Waals surface area contributed by atoms with Crippen LogP contribution in [0.2, 0.25) is 0 Å². The number of hydrogen-bond acceptors (Lipinski definition) is 4. The van der Waals surface area contributed by atoms with Gasteiger partial charge in [0.05, 0.1) is 0 Å². The Morgan fingerprint density at radius 3 is 2.85 bits per heavy atom. The third-order valence-corrected chi connectivity index (χ3v) is 3.99. The molecule has 140 valence electrons. The van der Waals surface area contributed by atoms with E-state index in [4.69, 9.17) is 4.52 Å². The number of aromatic nitrogens is 3. The van der Waals surface area contributed by atoms with Crippen LogP contribution in [0.15, 0.2) is 33.9 Å². The predicted octanol–water partition coefficient (Wildman–Crippen LogP) is 3.08. The van der Waals surface area contributed by atoms with Crippen molar-refractivity contribution in [3.63, 3.8) is 0 Å². The molecule has 8 heteroatoms. The summed E-state index contributed by atoms with van der Waals surface area (Å²) < 4.78 is 4.96. The van der Waals surface area contributed by atoms with Gasteiger partial charge in [0.1, 0.15) is 6.54 Å². The Balaban J connectivity index is 0.00000243. The number of H-pyrrole nitrogens is 1. The molecule has 0 amide bonds. The first-order valence-electron chi connectivity index (χ1n) is 8.54. The molecule has 0 aliphatic heterocycles. The Bertz CT molecular complexity index is 870. The molecule has 0 bridgehead atoms. The van der Waals surface area contributed by atoms with E-state index >= 15 is 0 Å². The van der Waals surface area contributed by atoms with E-state index in [1.807, 2.05) is 6.92 Å². The van der Waals surface area contributed by atoms with Crippen LogP contribution in [0.25, 0.3) is 10.9 Å². The van der Waals surface area contributed by atoms with Crippen molar-refractivity contribution in [2.75, 3.05) is 13.1 Å². The molecular weight excluding hydrogens is 443 g/mol. The quantitative estimate of drug-likeness (QED) is 0.294. The maximum atomic E-state index is 4.96. The number of para-hydroxylation sites is 1. The first kappa shape index (κ1) is 20.2. The van der Waals surface area contributed by atoms with Crippen molar-refractivity contribution in [1.29, 1.82) is 0 Å². The maximum Gasteiger partial charge on any atom is 0.223 e. The molecule has 1 aromatic carbocycles. The molecule has 7 nitrogen and oxygen atoms in total. The average molecular weight is 468 g/mol. The van der Waals surface area contributed by atoms with E-state index in [-0.39, 0.29) is 24.0 Å². The molecule has 0 unspecified atom stereocenters. The Morgan fingerprint density at radius 1 is 1.27 bits per heavy atom. The van der Waals surface area contributed by atoms with E-state index < -0.39 is 0 Å². The first-order valence-corrected chi connectivity index (χ1v) is 8.54. The highest BCUT2D eigenvalue weighted by atomic mass is 127. The maximum absolute atomic E-state index is 4.96. The summed E-state index contributed by atoms with van der Waals surface area (Å²) in [7, 11) is 0. The lowest BCUT2D eigenvalue weighted by Gasteiger charge is -2.10. The SMILES string of the molecule is CCNC(=NCc1noc(C)n1)NCCc1c[nH]c2c(C)cccc12.I. The molecule has 2 aromatic heterocycles. The second kappa shape index (κ2) is 9.56. The van der Waals surface area contributed by atoms with Crippen LogP contribution < -0.4 is 10.6 Å². The number of aryl methyl sites for hydroxylation is 2. The van der Waals surface area contributed by atoms with Crippen LogP contribution in [0, 0.1) is 13.8 Å². The number of aliphatic imine (C=N–C) groups is 1. The van der Waals surface area contributed by atoms with Gasteiger partial charge < -0.3 is 20.1 Å². The van der Waals surface area contributed by atoms with Crippen molar-refractivity contribution in [2.45, 2.75) is 33.7 Å². The smallest absolute Gasteiger partial charge is 0.223 e. The van der Waals surface area contributed by atoms with E-state index in [0.29, 0.717) is 18.3 Å². The van der Waals surface area contributed by atoms with Crippen LogP contribution in [0.1, 0.15) is 29.8 Å². The Labute approximate surface area is 170 Å². The van der Waals surface area contributed by atoms with E-state index in [1.165, 1.54) is 22.0 Å². The molecule has 0 spiro atoms. The molecule has 0 saturated carbocycles. The van der Waals surface area contributed by atoms with Gasteiger partial charge in [0.25, 0.3) is 0 Å². The van der Waals surface area contributed by atoms with Crippen molar-refractivity contribution in [2.24, 2.45) is 4.99 Å². The lowest BCUT2D eigenvalue weighted by Crippen LogP contribution is -2.38. The Hall–Kier alpha value is -2.10. The Kier molecular flexibility index (Phi) is 7.43. The van der Waals surface area contributed by atoms with Crippen molar-refractivity contribution >= 4 is 40.8 Å². The van der Waals surface area contributed by atoms with Crippen molar-refractivity contribution < 1.29 is 4.52 Å². The van der Waals surface area contributed by atoms with Crippen molar-refractivity contribution in [1.82, 2.24) is 25.8 Å². The van der Waals surface area contributed by atoms with Crippen molar-refractivity contribution in [3.8, 4) is 0 Å². The number of fused-ring (bicyclic) bond motifs is 1. The van der Waals surface area contributed by atoms with Crippen LogP contribution in [-0.2, 0) is 13.0 Å². The highest BCUT2D eigenvalue weighted by Crippen LogP contribution is 2.21. The second-order valence-corrected chi connectivity index (χ2v) is 5.91. The van der Waals surface area contributed by atoms with Gasteiger partial charge >= 0.3 is 0 Å². The van der Waals surface area contributed by atoms with Gasteiger partial charge in [-0.2, -0.15) is 4.98 Å². The summed E-state index contributed by atoms with van der Waals surface area (Å²) in [6, 6.07) is 6.38. The van der Waals surface area contributed by atoms with Crippen LogP contribution in [0.3, 0.4) is 0 Å². The Morgan fingerprint density at radius 2 is 2.12 bits per heavy atom. The lowest BCUT2D eigenvalue weighted by molar-refractivity contribution is 0.387. The van der Waals surface area contributed by atoms with Crippen molar-refractivity contribution in [3.05, 3.63) is 47.2 Å². The minimum atomic E-state index is 0. The minimum Gasteiger partial charge on any atom is -0.361 e. The summed E-state index contributed by atoms with van der Waals surface area (Å²) in [4.78, 5) is 12.0. The number of aromatic amines is 1. The molecule has 26 heavy (non-hydrogen) atoms. The number of hydrogen-bond donors (Lipinski definition) is 3. The fraction of sp³-hybridized carbons (Fsp3) is 0.389. The molecule has 3 aromatic rings. The zero-order valence-electron chi connectivity index (χ0n) is 15.3. The topological polar surface area (TPSA) is 91.1 Å². The number of nitrogens with zero attached hydrogens (tertiary/aromatic N) is 3. The highest BCUT2D eigenvalue weighted by Gasteiger charge is 2.06. The number of halogens is 1. The molecular formula is C18H25IN6O. The minimum absolute atomic E-state index is 0. The molecule has 0 saturated heterocycles. The normalized spacial score (nSPS) is 11.4. The second-order valence-electron chi connectivity index (χ2n) is 5.91. The van der Waals surface area contributed by atoms with E-state index in [9.17, 15) is 0 Å². The monoisotopic (exact) mass is 468 g/mol. The summed E-state index contributed by atoms with van der Waals surface area (Å²) in [6.07, 6.45) is 3.00. The summed E-state index contributed by atoms with van der Waals surface area (Å²) in [6.45, 7) is 7.90. The van der Waals surface area contributed by atoms with Gasteiger partial charge in [0.2, 0.25) is 5.89 Å². The fourth-order valence-corrected chi connectivity index (χ4v) is 2.78. The number of nitrogens with one attached hydrogen (secondary N) is 3. The summed E-state index contributed by atoms with van der Waals surface area (Å²) >= 11 is 0. The molecule has 3 rings (SSSR count). The molecule has 0 aliphatic rings. The zero-order chi connectivity index (χ0) is 17.6. The lowest BCUT2D eigenvalue weighted by atomic mass is 10.1. The van der Waals surface area contributed by atoms with Crippen LogP contribution in [-0.4, -0.2) is 34.2 Å². The third-order valence-electron chi connectivity index (χ3n) is 3.99. The molecule has 0 fully saturated rings. The summed E-state index contributed by atoms with van der Waals surface area (Å²) in [5, 5.41) is 11.7. The predicted molar refractivity (Wildman–Crippen MR) is 114 cm³/mol. The van der Waals surface area contributed by atoms with Gasteiger partial charge in [-0.1, -0.05) is 23.4 Å². The molecule has 0 atom stereocenters. The molecule has 3 N–H and O–H groups in total. The zero-order valence-corrected chi connectivity index (χ0v) is 17.6. The van der Waals surface area contributed by atoms with E-state index in [1.54, 1.807) is 6.92 Å². The largest absolute Gasteiger partial charge is 0.361 e. The molecule has 0 aliphatic carbocycles. The fourth-order valence-electron chi connectivity index (χ4n) is 2.78. The van der Waals surface area contributed by atoms with Gasteiger partial charge in [-0.25, -0.2) is 4.99 Å². The number of rotatable bonds is 6. The standard InChI is InChI=1S/C18H24N6O.HI/c1-4-19-18(22-11-16-23-13(3)25-24-16)20-9-8-14-10-21-17-12(2)6-5-7-15(14)17;/h5-7,10,21H,4,8-9,11H2,1-3H3,(H2,19,20,22);1H. The van der Waals surface area contributed by atoms with Gasteiger partial charge in [0, 0.05) is 37.1 Å². The average Bonchev–Trinajstić information content (AvgIpc) is 3.20. The van der Waals surface area contributed by atoms with Gasteiger partial charge in [0.15, 0.2) is 11.8 Å². The van der Waals surface area contributed by atoms with E-state index in [0.717, 1.165) is 25.5 Å².